The highest BCUT2D eigenvalue weighted by atomic mass is 32.3. The summed E-state index contributed by atoms with van der Waals surface area (Å²) in [5.74, 6) is 1.48. The smallest absolute Gasteiger partial charge is 0.394 e. The summed E-state index contributed by atoms with van der Waals surface area (Å²) in [6.45, 7) is 6.24. The molecule has 5 atom stereocenters. The highest BCUT2D eigenvalue weighted by Crippen LogP contribution is 2.42. The molecule has 8 N–H and O–H groups in total. The quantitative estimate of drug-likeness (QED) is 0.126. The van der Waals surface area contributed by atoms with Crippen LogP contribution in [-0.4, -0.2) is 90.4 Å². The molecular weight excluding hydrogens is 620 g/mol. The highest BCUT2D eigenvalue weighted by Gasteiger charge is 2.42. The molecule has 0 saturated carbocycles. The van der Waals surface area contributed by atoms with Crippen LogP contribution in [0.2, 0.25) is 0 Å². The van der Waals surface area contributed by atoms with Crippen LogP contribution in [-0.2, 0) is 24.5 Å². The SMILES string of the molecule is C=C[C@@H]1C[C@H]2CCN1[C@H]([C@H](O)c1ccnc3ccc(OC)cc13)C2.Cn1cnc2c1c(=O)[nH]c(=O)n2C.NCCN.O=S(=O)(O)O. The Morgan fingerprint density at radius 3 is 2.41 bits per heavy atom. The number of methoxy groups -OCH3 is 1. The number of imidazole rings is 1. The molecule has 3 fully saturated rings. The van der Waals surface area contributed by atoms with Crippen molar-refractivity contribution in [3.05, 3.63) is 75.8 Å². The first-order chi connectivity index (χ1) is 21.7. The lowest BCUT2D eigenvalue weighted by atomic mass is 9.76. The van der Waals surface area contributed by atoms with Gasteiger partial charge in [-0.15, -0.1) is 6.58 Å². The number of ether oxygens (including phenoxy) is 1. The Bertz CT molecular complexity index is 1850. The van der Waals surface area contributed by atoms with E-state index in [0.717, 1.165) is 35.2 Å². The number of hydrogen-bond donors (Lipinski definition) is 6. The van der Waals surface area contributed by atoms with E-state index in [1.807, 2.05) is 30.3 Å². The van der Waals surface area contributed by atoms with E-state index in [2.05, 4.69) is 26.4 Å². The van der Waals surface area contributed by atoms with Gasteiger partial charge < -0.3 is 25.9 Å². The van der Waals surface area contributed by atoms with Gasteiger partial charge in [-0.05, 0) is 61.6 Å². The maximum absolute atomic E-state index is 11.3. The standard InChI is InChI=1S/C20H24N2O2.C7H8N4O2.C2H8N2.H2O4S/c1-3-14-10-13-7-9-22(14)19(11-13)20(23)16-6-8-21-18-5-4-15(24-2)12-17(16)18;1-10-3-8-5-4(10)6(12)9-7(13)11(5)2;3-1-2-4;1-5(2,3)4/h3-6,8,12-14,19-20,23H,1,7,9-11H2,2H3;3H,1-2H3,(H,9,12,13);1-4H2;(H2,1,2,3,4)/t13-,14-,19+,20-;;;/m1.../s1. The predicted molar refractivity (Wildman–Crippen MR) is 174 cm³/mol. The van der Waals surface area contributed by atoms with E-state index in [1.54, 1.807) is 32.0 Å². The van der Waals surface area contributed by atoms with Crippen LogP contribution in [0.25, 0.3) is 22.1 Å². The highest BCUT2D eigenvalue weighted by molar-refractivity contribution is 7.79. The van der Waals surface area contributed by atoms with Gasteiger partial charge in [-0.25, -0.2) is 9.78 Å². The Labute approximate surface area is 265 Å². The van der Waals surface area contributed by atoms with Crippen LogP contribution in [0.4, 0.5) is 0 Å². The lowest BCUT2D eigenvalue weighted by Crippen LogP contribution is -2.55. The first-order valence-electron chi connectivity index (χ1n) is 14.4. The van der Waals surface area contributed by atoms with Crippen molar-refractivity contribution in [3.8, 4) is 5.75 Å². The zero-order valence-electron chi connectivity index (χ0n) is 26.0. The molecule has 2 bridgehead atoms. The molecule has 0 amide bonds. The molecule has 6 heterocycles. The zero-order chi connectivity index (χ0) is 34.2. The van der Waals surface area contributed by atoms with Crippen molar-refractivity contribution in [2.75, 3.05) is 26.7 Å². The summed E-state index contributed by atoms with van der Waals surface area (Å²) in [6.07, 6.45) is 8.27. The molecule has 46 heavy (non-hydrogen) atoms. The normalized spacial score (nSPS) is 20.8. The molecule has 0 aliphatic carbocycles. The first-order valence-corrected chi connectivity index (χ1v) is 15.8. The molecule has 1 aromatic carbocycles. The zero-order valence-corrected chi connectivity index (χ0v) is 26.8. The Hall–Kier alpha value is -3.97. The summed E-state index contributed by atoms with van der Waals surface area (Å²) in [5.41, 5.74) is 11.6. The summed E-state index contributed by atoms with van der Waals surface area (Å²) in [5, 5.41) is 12.2. The van der Waals surface area contributed by atoms with Crippen LogP contribution >= 0.6 is 0 Å². The molecule has 17 heteroatoms. The van der Waals surface area contributed by atoms with E-state index >= 15 is 0 Å². The third-order valence-corrected chi connectivity index (χ3v) is 7.88. The summed E-state index contributed by atoms with van der Waals surface area (Å²) in [6, 6.07) is 8.31. The van der Waals surface area contributed by atoms with Gasteiger partial charge in [-0.2, -0.15) is 8.42 Å². The summed E-state index contributed by atoms with van der Waals surface area (Å²) in [4.78, 5) is 35.4. The van der Waals surface area contributed by atoms with Gasteiger partial charge in [0.05, 0.1) is 25.1 Å². The summed E-state index contributed by atoms with van der Waals surface area (Å²) >= 11 is 0. The number of H-pyrrole nitrogens is 1. The van der Waals surface area contributed by atoms with E-state index in [-0.39, 0.29) is 6.04 Å². The van der Waals surface area contributed by atoms with E-state index in [9.17, 15) is 14.7 Å². The number of pyridine rings is 1. The van der Waals surface area contributed by atoms with E-state index in [0.29, 0.717) is 36.2 Å². The van der Waals surface area contributed by atoms with Crippen molar-refractivity contribution in [2.45, 2.75) is 37.5 Å². The van der Waals surface area contributed by atoms with E-state index < -0.39 is 27.8 Å². The molecule has 0 spiro atoms. The van der Waals surface area contributed by atoms with Gasteiger partial charge in [-0.1, -0.05) is 6.08 Å². The van der Waals surface area contributed by atoms with Crippen LogP contribution in [0.15, 0.2) is 59.0 Å². The third-order valence-electron chi connectivity index (χ3n) is 7.88. The van der Waals surface area contributed by atoms with E-state index in [4.69, 9.17) is 33.7 Å². The molecule has 3 aliphatic heterocycles. The maximum atomic E-state index is 11.3. The topological polar surface area (TPSA) is 245 Å². The lowest BCUT2D eigenvalue weighted by molar-refractivity contribution is -0.0473. The molecule has 16 nitrogen and oxygen atoms in total. The lowest BCUT2D eigenvalue weighted by Gasteiger charge is -2.51. The van der Waals surface area contributed by atoms with Crippen molar-refractivity contribution in [2.24, 2.45) is 31.5 Å². The van der Waals surface area contributed by atoms with Crippen LogP contribution in [0.3, 0.4) is 0 Å². The molecule has 1 unspecified atom stereocenters. The van der Waals surface area contributed by atoms with Crippen LogP contribution in [0.1, 0.15) is 30.9 Å². The molecule has 4 aromatic rings. The van der Waals surface area contributed by atoms with Gasteiger partial charge in [0.1, 0.15) is 5.75 Å². The van der Waals surface area contributed by atoms with Crippen molar-refractivity contribution in [1.82, 2.24) is 29.0 Å². The molecule has 3 saturated heterocycles. The largest absolute Gasteiger partial charge is 0.497 e. The number of aromatic amines is 1. The number of hydrogen-bond acceptors (Lipinski definition) is 11. The Morgan fingerprint density at radius 1 is 1.15 bits per heavy atom. The van der Waals surface area contributed by atoms with Gasteiger partial charge in [-0.3, -0.25) is 33.3 Å². The van der Waals surface area contributed by atoms with Crippen LogP contribution < -0.4 is 27.5 Å². The number of aliphatic hydroxyl groups excluding tert-OH is 1. The maximum Gasteiger partial charge on any atom is 0.394 e. The number of aliphatic hydroxyl groups is 1. The van der Waals surface area contributed by atoms with Gasteiger partial charge in [0.25, 0.3) is 5.56 Å². The Morgan fingerprint density at radius 2 is 1.83 bits per heavy atom. The number of piperidine rings is 3. The monoisotopic (exact) mass is 662 g/mol. The fraction of sp³-hybridized carbons (Fsp3) is 0.448. The number of rotatable bonds is 5. The second-order valence-corrected chi connectivity index (χ2v) is 11.7. The van der Waals surface area contributed by atoms with Crippen molar-refractivity contribution < 1.29 is 27.4 Å². The number of aryl methyl sites for hydroxylation is 2. The molecular formula is C29H42N8O8S. The van der Waals surface area contributed by atoms with Gasteiger partial charge in [0.2, 0.25) is 0 Å². The summed E-state index contributed by atoms with van der Waals surface area (Å²) < 4.78 is 39.8. The van der Waals surface area contributed by atoms with E-state index in [1.165, 1.54) is 23.7 Å². The van der Waals surface area contributed by atoms with Crippen molar-refractivity contribution in [3.63, 3.8) is 0 Å². The van der Waals surface area contributed by atoms with Gasteiger partial charge in [0.15, 0.2) is 11.2 Å². The average Bonchev–Trinajstić information content (AvgIpc) is 3.44. The average molecular weight is 663 g/mol. The van der Waals surface area contributed by atoms with Crippen molar-refractivity contribution >= 4 is 32.5 Å². The first kappa shape index (κ1) is 36.5. The third kappa shape index (κ3) is 9.06. The molecule has 7 rings (SSSR count). The van der Waals surface area contributed by atoms with Crippen LogP contribution in [0, 0.1) is 5.92 Å². The van der Waals surface area contributed by atoms with Gasteiger partial charge in [0, 0.05) is 50.9 Å². The second kappa shape index (κ2) is 16.0. The fourth-order valence-electron chi connectivity index (χ4n) is 5.74. The van der Waals surface area contributed by atoms with Crippen molar-refractivity contribution in [1.29, 1.82) is 0 Å². The minimum absolute atomic E-state index is 0.150. The number of nitrogens with one attached hydrogen (secondary N) is 1. The molecule has 0 radical (unpaired) electrons. The minimum Gasteiger partial charge on any atom is -0.497 e. The van der Waals surface area contributed by atoms with Crippen LogP contribution in [0.5, 0.6) is 5.75 Å². The predicted octanol–water partition coefficient (Wildman–Crippen LogP) is 0.527. The number of benzene rings is 1. The number of nitrogens with zero attached hydrogens (tertiary/aromatic N) is 5. The second-order valence-electron chi connectivity index (χ2n) is 10.8. The van der Waals surface area contributed by atoms with Gasteiger partial charge >= 0.3 is 16.1 Å². The Kier molecular flexibility index (Phi) is 12.7. The fourth-order valence-corrected chi connectivity index (χ4v) is 5.74. The number of fused-ring (bicyclic) bond motifs is 5. The number of aromatic nitrogens is 5. The molecule has 252 valence electrons. The number of nitrogens with two attached hydrogens (primary N) is 2. The summed E-state index contributed by atoms with van der Waals surface area (Å²) in [7, 11) is 0.261. The molecule has 3 aliphatic rings. The Balaban J connectivity index is 0.000000218. The minimum atomic E-state index is -4.67. The molecule has 3 aromatic heterocycles.